The highest BCUT2D eigenvalue weighted by atomic mass is 16.5. The molecule has 120 valence electrons. The van der Waals surface area contributed by atoms with Crippen molar-refractivity contribution in [1.82, 2.24) is 5.32 Å². The molecule has 3 heteroatoms. The fourth-order valence-electron chi connectivity index (χ4n) is 6.25. The number of likely N-dealkylation sites (N-methyl/N-ethyl adjacent to an activating group) is 1. The first kappa shape index (κ1) is 14.5. The van der Waals surface area contributed by atoms with Crippen LogP contribution in [0.3, 0.4) is 0 Å². The van der Waals surface area contributed by atoms with Crippen molar-refractivity contribution in [1.29, 1.82) is 0 Å². The van der Waals surface area contributed by atoms with Crippen LogP contribution in [0.1, 0.15) is 51.4 Å². The zero-order valence-electron chi connectivity index (χ0n) is 13.5. The second-order valence-corrected chi connectivity index (χ2v) is 8.27. The van der Waals surface area contributed by atoms with E-state index in [-0.39, 0.29) is 0 Å². The van der Waals surface area contributed by atoms with E-state index in [0.717, 1.165) is 50.4 Å². The summed E-state index contributed by atoms with van der Waals surface area (Å²) in [7, 11) is 2.15. The normalized spacial score (nSPS) is 44.1. The summed E-state index contributed by atoms with van der Waals surface area (Å²) in [4.78, 5) is 0. The molecule has 5 fully saturated rings. The zero-order valence-corrected chi connectivity index (χ0v) is 13.5. The van der Waals surface area contributed by atoms with Gasteiger partial charge in [0.2, 0.25) is 0 Å². The van der Waals surface area contributed by atoms with Gasteiger partial charge in [0.1, 0.15) is 0 Å². The predicted octanol–water partition coefficient (Wildman–Crippen LogP) is 2.99. The lowest BCUT2D eigenvalue weighted by Gasteiger charge is -2.59. The summed E-state index contributed by atoms with van der Waals surface area (Å²) in [5, 5.41) is 3.64. The SMILES string of the molecule is CNC(COC1CCOCC1)C12CC3CC(CC(C3)C1)C2. The van der Waals surface area contributed by atoms with Crippen molar-refractivity contribution in [3.63, 3.8) is 0 Å². The minimum Gasteiger partial charge on any atom is -0.381 e. The van der Waals surface area contributed by atoms with Gasteiger partial charge in [-0.15, -0.1) is 0 Å². The number of nitrogens with one attached hydrogen (secondary N) is 1. The van der Waals surface area contributed by atoms with Crippen LogP contribution >= 0.6 is 0 Å². The first-order valence-corrected chi connectivity index (χ1v) is 9.14. The number of ether oxygens (including phenoxy) is 2. The number of hydrogen-bond acceptors (Lipinski definition) is 3. The summed E-state index contributed by atoms with van der Waals surface area (Å²) in [6.45, 7) is 2.67. The van der Waals surface area contributed by atoms with Crippen LogP contribution in [-0.4, -0.2) is 39.0 Å². The van der Waals surface area contributed by atoms with Gasteiger partial charge in [-0.2, -0.15) is 0 Å². The Labute approximate surface area is 129 Å². The van der Waals surface area contributed by atoms with E-state index in [9.17, 15) is 0 Å². The predicted molar refractivity (Wildman–Crippen MR) is 83.2 cm³/mol. The Morgan fingerprint density at radius 2 is 1.62 bits per heavy atom. The van der Waals surface area contributed by atoms with Crippen LogP contribution in [0.25, 0.3) is 0 Å². The van der Waals surface area contributed by atoms with E-state index in [1.807, 2.05) is 0 Å². The lowest BCUT2D eigenvalue weighted by molar-refractivity contribution is -0.103. The van der Waals surface area contributed by atoms with Gasteiger partial charge in [-0.3, -0.25) is 0 Å². The Morgan fingerprint density at radius 3 is 2.14 bits per heavy atom. The van der Waals surface area contributed by atoms with E-state index < -0.39 is 0 Å². The molecule has 1 aliphatic heterocycles. The van der Waals surface area contributed by atoms with Gasteiger partial charge in [-0.25, -0.2) is 0 Å². The van der Waals surface area contributed by atoms with Gasteiger partial charge in [-0.05, 0) is 81.6 Å². The van der Waals surface area contributed by atoms with Gasteiger partial charge in [-0.1, -0.05) is 0 Å². The quantitative estimate of drug-likeness (QED) is 0.845. The largest absolute Gasteiger partial charge is 0.381 e. The summed E-state index contributed by atoms with van der Waals surface area (Å²) in [5.74, 6) is 3.07. The van der Waals surface area contributed by atoms with E-state index in [2.05, 4.69) is 12.4 Å². The van der Waals surface area contributed by atoms with Crippen LogP contribution in [0, 0.1) is 23.2 Å². The van der Waals surface area contributed by atoms with E-state index in [1.54, 1.807) is 0 Å². The van der Waals surface area contributed by atoms with Crippen LogP contribution in [-0.2, 0) is 9.47 Å². The average Bonchev–Trinajstić information content (AvgIpc) is 2.47. The van der Waals surface area contributed by atoms with Crippen molar-refractivity contribution in [2.45, 2.75) is 63.5 Å². The molecular formula is C18H31NO2. The lowest BCUT2D eigenvalue weighted by atomic mass is 9.48. The molecule has 0 aromatic heterocycles. The van der Waals surface area contributed by atoms with Crippen LogP contribution in [0.5, 0.6) is 0 Å². The highest BCUT2D eigenvalue weighted by molar-refractivity contribution is 5.06. The molecule has 1 N–H and O–H groups in total. The standard InChI is InChI=1S/C18H31NO2/c1-19-17(12-21-16-2-4-20-5-3-16)18-9-13-6-14(10-18)8-15(7-13)11-18/h13-17,19H,2-12H2,1H3. The zero-order chi connectivity index (χ0) is 14.3. The molecule has 1 unspecified atom stereocenters. The molecule has 0 radical (unpaired) electrons. The second-order valence-electron chi connectivity index (χ2n) is 8.27. The van der Waals surface area contributed by atoms with Gasteiger partial charge in [0.25, 0.3) is 0 Å². The minimum absolute atomic E-state index is 0.434. The van der Waals surface area contributed by atoms with Gasteiger partial charge < -0.3 is 14.8 Å². The van der Waals surface area contributed by atoms with Gasteiger partial charge in [0.15, 0.2) is 0 Å². The van der Waals surface area contributed by atoms with Crippen molar-refractivity contribution in [2.24, 2.45) is 23.2 Å². The number of hydrogen-bond donors (Lipinski definition) is 1. The molecular weight excluding hydrogens is 262 g/mol. The molecule has 1 atom stereocenters. The van der Waals surface area contributed by atoms with E-state index in [1.165, 1.54) is 38.5 Å². The molecule has 0 spiro atoms. The first-order chi connectivity index (χ1) is 10.3. The average molecular weight is 293 g/mol. The third-order valence-corrected chi connectivity index (χ3v) is 6.84. The van der Waals surface area contributed by atoms with Gasteiger partial charge >= 0.3 is 0 Å². The van der Waals surface area contributed by atoms with Crippen LogP contribution in [0.2, 0.25) is 0 Å². The van der Waals surface area contributed by atoms with Crippen molar-refractivity contribution in [2.75, 3.05) is 26.9 Å². The second kappa shape index (κ2) is 5.82. The van der Waals surface area contributed by atoms with Crippen molar-refractivity contribution in [3.05, 3.63) is 0 Å². The molecule has 21 heavy (non-hydrogen) atoms. The Morgan fingerprint density at radius 1 is 1.05 bits per heavy atom. The molecule has 1 heterocycles. The maximum atomic E-state index is 6.28. The highest BCUT2D eigenvalue weighted by Crippen LogP contribution is 2.61. The summed E-state index contributed by atoms with van der Waals surface area (Å²) >= 11 is 0. The Kier molecular flexibility index (Phi) is 4.01. The Bertz CT molecular complexity index is 329. The molecule has 5 rings (SSSR count). The smallest absolute Gasteiger partial charge is 0.0628 e. The molecule has 0 aromatic carbocycles. The van der Waals surface area contributed by atoms with Crippen molar-refractivity contribution >= 4 is 0 Å². The third kappa shape index (κ3) is 2.77. The van der Waals surface area contributed by atoms with Crippen molar-refractivity contribution in [3.8, 4) is 0 Å². The summed E-state index contributed by atoms with van der Waals surface area (Å²) in [6.07, 6.45) is 11.5. The van der Waals surface area contributed by atoms with Crippen LogP contribution < -0.4 is 5.32 Å². The molecule has 4 bridgehead atoms. The lowest BCUT2D eigenvalue weighted by Crippen LogP contribution is -2.57. The third-order valence-electron chi connectivity index (χ3n) is 6.84. The van der Waals surface area contributed by atoms with E-state index in [0.29, 0.717) is 17.6 Å². The molecule has 4 saturated carbocycles. The molecule has 0 amide bonds. The Hall–Kier alpha value is -0.120. The molecule has 4 aliphatic carbocycles. The molecule has 0 aromatic rings. The van der Waals surface area contributed by atoms with Crippen LogP contribution in [0.15, 0.2) is 0 Å². The first-order valence-electron chi connectivity index (χ1n) is 9.14. The van der Waals surface area contributed by atoms with E-state index in [4.69, 9.17) is 9.47 Å². The topological polar surface area (TPSA) is 30.5 Å². The summed E-state index contributed by atoms with van der Waals surface area (Å²) in [5.41, 5.74) is 0.550. The van der Waals surface area contributed by atoms with E-state index >= 15 is 0 Å². The maximum absolute atomic E-state index is 6.28. The Balaban J connectivity index is 1.40. The minimum atomic E-state index is 0.434. The van der Waals surface area contributed by atoms with Crippen molar-refractivity contribution < 1.29 is 9.47 Å². The molecule has 3 nitrogen and oxygen atoms in total. The summed E-state index contributed by atoms with van der Waals surface area (Å²) < 4.78 is 11.7. The fraction of sp³-hybridized carbons (Fsp3) is 1.00. The van der Waals surface area contributed by atoms with Gasteiger partial charge in [0, 0.05) is 19.3 Å². The number of rotatable bonds is 5. The van der Waals surface area contributed by atoms with Crippen LogP contribution in [0.4, 0.5) is 0 Å². The maximum Gasteiger partial charge on any atom is 0.0628 e. The summed E-state index contributed by atoms with van der Waals surface area (Å²) in [6, 6.07) is 0.564. The molecule has 5 aliphatic rings. The fourth-order valence-corrected chi connectivity index (χ4v) is 6.25. The highest BCUT2D eigenvalue weighted by Gasteiger charge is 2.53. The van der Waals surface area contributed by atoms with Gasteiger partial charge in [0.05, 0.1) is 12.7 Å². The monoisotopic (exact) mass is 293 g/mol. The molecule has 1 saturated heterocycles.